The minimum absolute atomic E-state index is 0.914. The van der Waals surface area contributed by atoms with Crippen LogP contribution in [-0.4, -0.2) is 23.1 Å². The van der Waals surface area contributed by atoms with Gasteiger partial charge >= 0.3 is 0 Å². The van der Waals surface area contributed by atoms with Crippen LogP contribution in [-0.2, 0) is 12.8 Å². The average Bonchev–Trinajstić information content (AvgIpc) is 2.61. The molecule has 3 heteroatoms. The fourth-order valence-electron chi connectivity index (χ4n) is 2.27. The molecular formula is C12H15N3. The van der Waals surface area contributed by atoms with Gasteiger partial charge in [0, 0.05) is 18.8 Å². The van der Waals surface area contributed by atoms with Gasteiger partial charge in [-0.3, -0.25) is 0 Å². The minimum Gasteiger partial charge on any atom is -0.341 e. The SMILES string of the molecule is C=Cc1nc(N2CCC2)nc2c1CCC2. The third-order valence-electron chi connectivity index (χ3n) is 3.29. The second-order valence-electron chi connectivity index (χ2n) is 4.23. The van der Waals surface area contributed by atoms with Gasteiger partial charge in [-0.2, -0.15) is 0 Å². The molecule has 1 aromatic rings. The van der Waals surface area contributed by atoms with Crippen molar-refractivity contribution in [2.75, 3.05) is 18.0 Å². The summed E-state index contributed by atoms with van der Waals surface area (Å²) in [4.78, 5) is 11.5. The molecule has 1 fully saturated rings. The summed E-state index contributed by atoms with van der Waals surface area (Å²) < 4.78 is 0. The number of anilines is 1. The van der Waals surface area contributed by atoms with Crippen LogP contribution in [0.5, 0.6) is 0 Å². The lowest BCUT2D eigenvalue weighted by Gasteiger charge is -2.31. The van der Waals surface area contributed by atoms with Gasteiger partial charge in [-0.25, -0.2) is 9.97 Å². The van der Waals surface area contributed by atoms with E-state index in [0.717, 1.165) is 37.6 Å². The fraction of sp³-hybridized carbons (Fsp3) is 0.500. The highest BCUT2D eigenvalue weighted by molar-refractivity contribution is 5.53. The van der Waals surface area contributed by atoms with E-state index < -0.39 is 0 Å². The van der Waals surface area contributed by atoms with E-state index in [1.54, 1.807) is 0 Å². The summed E-state index contributed by atoms with van der Waals surface area (Å²) in [5.41, 5.74) is 3.63. The van der Waals surface area contributed by atoms with E-state index in [1.807, 2.05) is 6.08 Å². The predicted molar refractivity (Wildman–Crippen MR) is 61.0 cm³/mol. The Balaban J connectivity index is 2.06. The van der Waals surface area contributed by atoms with Gasteiger partial charge in [-0.05, 0) is 37.3 Å². The summed E-state index contributed by atoms with van der Waals surface area (Å²) >= 11 is 0. The number of rotatable bonds is 2. The average molecular weight is 201 g/mol. The number of nitrogens with zero attached hydrogens (tertiary/aromatic N) is 3. The van der Waals surface area contributed by atoms with E-state index in [4.69, 9.17) is 0 Å². The van der Waals surface area contributed by atoms with Gasteiger partial charge in [-0.1, -0.05) is 6.58 Å². The van der Waals surface area contributed by atoms with Gasteiger partial charge in [0.1, 0.15) is 0 Å². The van der Waals surface area contributed by atoms with Gasteiger partial charge in [0.05, 0.1) is 5.69 Å². The summed E-state index contributed by atoms with van der Waals surface area (Å²) in [6, 6.07) is 0. The van der Waals surface area contributed by atoms with Crippen LogP contribution in [0.2, 0.25) is 0 Å². The lowest BCUT2D eigenvalue weighted by Crippen LogP contribution is -2.38. The quantitative estimate of drug-likeness (QED) is 0.730. The molecular weight excluding hydrogens is 186 g/mol. The van der Waals surface area contributed by atoms with Crippen molar-refractivity contribution in [2.24, 2.45) is 0 Å². The lowest BCUT2D eigenvalue weighted by molar-refractivity contribution is 0.598. The first-order chi connectivity index (χ1) is 7.38. The normalized spacial score (nSPS) is 18.5. The standard InChI is InChI=1S/C12H15N3/c1-2-10-9-5-3-6-11(9)14-12(13-10)15-7-4-8-15/h2H,1,3-8H2. The molecule has 0 aromatic carbocycles. The molecule has 0 unspecified atom stereocenters. The predicted octanol–water partition coefficient (Wildman–Crippen LogP) is 1.82. The van der Waals surface area contributed by atoms with Crippen LogP contribution >= 0.6 is 0 Å². The molecule has 1 aromatic heterocycles. The van der Waals surface area contributed by atoms with Crippen molar-refractivity contribution >= 4 is 12.0 Å². The topological polar surface area (TPSA) is 29.0 Å². The third kappa shape index (κ3) is 1.34. The first-order valence-corrected chi connectivity index (χ1v) is 5.65. The van der Waals surface area contributed by atoms with Crippen molar-refractivity contribution in [3.05, 3.63) is 23.5 Å². The maximum absolute atomic E-state index is 4.65. The van der Waals surface area contributed by atoms with Crippen LogP contribution in [0.25, 0.3) is 6.08 Å². The molecule has 0 N–H and O–H groups in total. The van der Waals surface area contributed by atoms with Gasteiger partial charge in [-0.15, -0.1) is 0 Å². The van der Waals surface area contributed by atoms with Crippen LogP contribution in [0.1, 0.15) is 29.8 Å². The number of hydrogen-bond donors (Lipinski definition) is 0. The second kappa shape index (κ2) is 3.33. The lowest BCUT2D eigenvalue weighted by atomic mass is 10.1. The number of aromatic nitrogens is 2. The Bertz CT molecular complexity index is 408. The van der Waals surface area contributed by atoms with Crippen LogP contribution < -0.4 is 4.90 Å². The third-order valence-corrected chi connectivity index (χ3v) is 3.29. The molecule has 3 nitrogen and oxygen atoms in total. The molecule has 0 atom stereocenters. The molecule has 2 heterocycles. The fourth-order valence-corrected chi connectivity index (χ4v) is 2.27. The first-order valence-electron chi connectivity index (χ1n) is 5.65. The molecule has 3 rings (SSSR count). The Hall–Kier alpha value is -1.38. The van der Waals surface area contributed by atoms with Gasteiger partial charge in [0.25, 0.3) is 0 Å². The van der Waals surface area contributed by atoms with Crippen LogP contribution in [0.3, 0.4) is 0 Å². The van der Waals surface area contributed by atoms with E-state index in [0.29, 0.717) is 0 Å². The van der Waals surface area contributed by atoms with Crippen LogP contribution in [0.4, 0.5) is 5.95 Å². The largest absolute Gasteiger partial charge is 0.341 e. The second-order valence-corrected chi connectivity index (χ2v) is 4.23. The number of fused-ring (bicyclic) bond motifs is 1. The van der Waals surface area contributed by atoms with E-state index >= 15 is 0 Å². The Morgan fingerprint density at radius 3 is 2.67 bits per heavy atom. The highest BCUT2D eigenvalue weighted by atomic mass is 15.3. The summed E-state index contributed by atoms with van der Waals surface area (Å²) in [6.07, 6.45) is 6.59. The van der Waals surface area contributed by atoms with Crippen molar-refractivity contribution < 1.29 is 0 Å². The Kier molecular flexibility index (Phi) is 1.97. The van der Waals surface area contributed by atoms with Gasteiger partial charge in [0.15, 0.2) is 0 Å². The monoisotopic (exact) mass is 201 g/mol. The zero-order chi connectivity index (χ0) is 10.3. The van der Waals surface area contributed by atoms with Crippen molar-refractivity contribution in [1.29, 1.82) is 0 Å². The van der Waals surface area contributed by atoms with Crippen molar-refractivity contribution in [3.8, 4) is 0 Å². The van der Waals surface area contributed by atoms with Crippen molar-refractivity contribution in [1.82, 2.24) is 9.97 Å². The van der Waals surface area contributed by atoms with Crippen molar-refractivity contribution in [2.45, 2.75) is 25.7 Å². The van der Waals surface area contributed by atoms with Crippen LogP contribution in [0.15, 0.2) is 6.58 Å². The van der Waals surface area contributed by atoms with Crippen molar-refractivity contribution in [3.63, 3.8) is 0 Å². The van der Waals surface area contributed by atoms with Crippen LogP contribution in [0, 0.1) is 0 Å². The Morgan fingerprint density at radius 2 is 2.00 bits per heavy atom. The molecule has 1 aliphatic carbocycles. The summed E-state index contributed by atoms with van der Waals surface area (Å²) in [5.74, 6) is 0.914. The minimum atomic E-state index is 0.914. The Morgan fingerprint density at radius 1 is 1.13 bits per heavy atom. The zero-order valence-electron chi connectivity index (χ0n) is 8.87. The van der Waals surface area contributed by atoms with E-state index in [9.17, 15) is 0 Å². The molecule has 15 heavy (non-hydrogen) atoms. The molecule has 2 aliphatic rings. The highest BCUT2D eigenvalue weighted by Crippen LogP contribution is 2.27. The molecule has 0 saturated carbocycles. The van der Waals surface area contributed by atoms with E-state index in [-0.39, 0.29) is 0 Å². The molecule has 1 saturated heterocycles. The van der Waals surface area contributed by atoms with E-state index in [1.165, 1.54) is 24.1 Å². The zero-order valence-corrected chi connectivity index (χ0v) is 8.87. The summed E-state index contributed by atoms with van der Waals surface area (Å²) in [6.45, 7) is 6.06. The summed E-state index contributed by atoms with van der Waals surface area (Å²) in [7, 11) is 0. The Labute approximate surface area is 89.8 Å². The summed E-state index contributed by atoms with van der Waals surface area (Å²) in [5, 5.41) is 0. The maximum atomic E-state index is 4.65. The molecule has 0 bridgehead atoms. The van der Waals surface area contributed by atoms with Gasteiger partial charge < -0.3 is 4.90 Å². The molecule has 0 amide bonds. The highest BCUT2D eigenvalue weighted by Gasteiger charge is 2.22. The van der Waals surface area contributed by atoms with E-state index in [2.05, 4.69) is 21.4 Å². The molecule has 0 spiro atoms. The first kappa shape index (κ1) is 8.89. The smallest absolute Gasteiger partial charge is 0.226 e. The molecule has 78 valence electrons. The molecule has 0 radical (unpaired) electrons. The van der Waals surface area contributed by atoms with Gasteiger partial charge in [0.2, 0.25) is 5.95 Å². The number of hydrogen-bond acceptors (Lipinski definition) is 3. The maximum Gasteiger partial charge on any atom is 0.226 e. The molecule has 1 aliphatic heterocycles. The number of aryl methyl sites for hydroxylation is 1.